The first-order chi connectivity index (χ1) is 7.54. The number of halogens is 2. The van der Waals surface area contributed by atoms with Crippen LogP contribution in [0.5, 0.6) is 0 Å². The number of nitrogens with one attached hydrogen (secondary N) is 1. The van der Waals surface area contributed by atoms with E-state index in [1.165, 1.54) is 0 Å². The molecule has 1 aromatic rings. The summed E-state index contributed by atoms with van der Waals surface area (Å²) in [6.45, 7) is 4.75. The summed E-state index contributed by atoms with van der Waals surface area (Å²) >= 11 is 12.2. The minimum Gasteiger partial charge on any atom is -0.385 e. The molecule has 1 N–H and O–H groups in total. The molecule has 16 heavy (non-hydrogen) atoms. The van der Waals surface area contributed by atoms with Gasteiger partial charge in [0.2, 0.25) is 0 Å². The number of methoxy groups -OCH3 is 1. The summed E-state index contributed by atoms with van der Waals surface area (Å²) in [7, 11) is 1.70. The van der Waals surface area contributed by atoms with Crippen LogP contribution in [0.4, 0.5) is 5.69 Å². The zero-order valence-corrected chi connectivity index (χ0v) is 11.3. The quantitative estimate of drug-likeness (QED) is 0.861. The zero-order valence-electron chi connectivity index (χ0n) is 9.81. The van der Waals surface area contributed by atoms with Crippen molar-refractivity contribution < 1.29 is 4.74 Å². The van der Waals surface area contributed by atoms with Gasteiger partial charge in [0.05, 0.1) is 10.7 Å². The number of aryl methyl sites for hydroxylation is 1. The van der Waals surface area contributed by atoms with Crippen LogP contribution in [0.25, 0.3) is 0 Å². The van der Waals surface area contributed by atoms with E-state index in [4.69, 9.17) is 27.9 Å². The largest absolute Gasteiger partial charge is 0.385 e. The van der Waals surface area contributed by atoms with Gasteiger partial charge in [-0.15, -0.1) is 0 Å². The molecule has 0 spiro atoms. The molecule has 4 heteroatoms. The summed E-state index contributed by atoms with van der Waals surface area (Å²) in [5.74, 6) is 0. The number of ether oxygens (including phenoxy) is 1. The minimum atomic E-state index is 0.302. The maximum atomic E-state index is 6.13. The fraction of sp³-hybridized carbons (Fsp3) is 0.500. The molecule has 0 radical (unpaired) electrons. The molecule has 1 aromatic carbocycles. The number of hydrogen-bond acceptors (Lipinski definition) is 2. The SMILES string of the molecule is COCCC(C)Nc1cc(Cl)c(C)cc1Cl. The lowest BCUT2D eigenvalue weighted by Crippen LogP contribution is -2.17. The van der Waals surface area contributed by atoms with Crippen molar-refractivity contribution in [2.75, 3.05) is 19.0 Å². The zero-order chi connectivity index (χ0) is 12.1. The van der Waals surface area contributed by atoms with Crippen molar-refractivity contribution in [2.45, 2.75) is 26.3 Å². The van der Waals surface area contributed by atoms with Crippen LogP contribution in [0.15, 0.2) is 12.1 Å². The summed E-state index contributed by atoms with van der Waals surface area (Å²) in [5.41, 5.74) is 1.86. The first kappa shape index (κ1) is 13.6. The van der Waals surface area contributed by atoms with Gasteiger partial charge in [-0.3, -0.25) is 0 Å². The van der Waals surface area contributed by atoms with Crippen LogP contribution in [-0.4, -0.2) is 19.8 Å². The van der Waals surface area contributed by atoms with Gasteiger partial charge in [-0.1, -0.05) is 23.2 Å². The molecule has 0 aliphatic rings. The average molecular weight is 262 g/mol. The van der Waals surface area contributed by atoms with Crippen molar-refractivity contribution in [3.63, 3.8) is 0 Å². The molecule has 0 heterocycles. The molecule has 0 saturated carbocycles. The third-order valence-corrected chi connectivity index (χ3v) is 3.13. The van der Waals surface area contributed by atoms with Crippen molar-refractivity contribution in [1.29, 1.82) is 0 Å². The number of anilines is 1. The standard InChI is InChI=1S/C12H17Cl2NO/c1-8-6-11(14)12(7-10(8)13)15-9(2)4-5-16-3/h6-7,9,15H,4-5H2,1-3H3. The molecule has 0 aliphatic carbocycles. The van der Waals surface area contributed by atoms with Crippen molar-refractivity contribution in [1.82, 2.24) is 0 Å². The second kappa shape index (κ2) is 6.33. The van der Waals surface area contributed by atoms with Crippen LogP contribution < -0.4 is 5.32 Å². The maximum Gasteiger partial charge on any atom is 0.0641 e. The van der Waals surface area contributed by atoms with Crippen molar-refractivity contribution in [3.8, 4) is 0 Å². The molecule has 2 nitrogen and oxygen atoms in total. The van der Waals surface area contributed by atoms with Crippen LogP contribution in [0, 0.1) is 6.92 Å². The van der Waals surface area contributed by atoms with Gasteiger partial charge in [-0.05, 0) is 38.0 Å². The third-order valence-electron chi connectivity index (χ3n) is 2.41. The van der Waals surface area contributed by atoms with Gasteiger partial charge in [-0.2, -0.15) is 0 Å². The van der Waals surface area contributed by atoms with E-state index in [1.54, 1.807) is 7.11 Å². The molecule has 90 valence electrons. The van der Waals surface area contributed by atoms with E-state index >= 15 is 0 Å². The summed E-state index contributed by atoms with van der Waals surface area (Å²) in [6.07, 6.45) is 0.929. The fourth-order valence-corrected chi connectivity index (χ4v) is 1.83. The molecule has 1 rings (SSSR count). The molecule has 0 amide bonds. The highest BCUT2D eigenvalue weighted by Crippen LogP contribution is 2.29. The molecule has 0 fully saturated rings. The lowest BCUT2D eigenvalue weighted by Gasteiger charge is -2.16. The van der Waals surface area contributed by atoms with E-state index in [-0.39, 0.29) is 0 Å². The molecule has 0 bridgehead atoms. The predicted octanol–water partition coefficient (Wildman–Crippen LogP) is 4.14. The van der Waals surface area contributed by atoms with Gasteiger partial charge in [0.25, 0.3) is 0 Å². The van der Waals surface area contributed by atoms with Gasteiger partial charge < -0.3 is 10.1 Å². The van der Waals surface area contributed by atoms with Crippen LogP contribution in [-0.2, 0) is 4.74 Å². The van der Waals surface area contributed by atoms with Gasteiger partial charge in [0.15, 0.2) is 0 Å². The molecular weight excluding hydrogens is 245 g/mol. The second-order valence-electron chi connectivity index (χ2n) is 3.91. The summed E-state index contributed by atoms with van der Waals surface area (Å²) in [6, 6.07) is 4.04. The van der Waals surface area contributed by atoms with Crippen molar-refractivity contribution in [3.05, 3.63) is 27.7 Å². The average Bonchev–Trinajstić information content (AvgIpc) is 2.23. The molecule has 0 aliphatic heterocycles. The van der Waals surface area contributed by atoms with E-state index in [1.807, 2.05) is 19.1 Å². The van der Waals surface area contributed by atoms with Gasteiger partial charge in [-0.25, -0.2) is 0 Å². The molecule has 0 saturated heterocycles. The van der Waals surface area contributed by atoms with Crippen LogP contribution in [0.1, 0.15) is 18.9 Å². The Kier molecular flexibility index (Phi) is 5.39. The van der Waals surface area contributed by atoms with Gasteiger partial charge in [0, 0.05) is 24.8 Å². The van der Waals surface area contributed by atoms with Gasteiger partial charge in [0.1, 0.15) is 0 Å². The highest BCUT2D eigenvalue weighted by Gasteiger charge is 2.07. The Labute approximate surface area is 107 Å². The Morgan fingerprint density at radius 3 is 2.62 bits per heavy atom. The number of hydrogen-bond donors (Lipinski definition) is 1. The normalized spacial score (nSPS) is 12.6. The van der Waals surface area contributed by atoms with Crippen molar-refractivity contribution >= 4 is 28.9 Å². The van der Waals surface area contributed by atoms with E-state index in [0.717, 1.165) is 29.3 Å². The predicted molar refractivity (Wildman–Crippen MR) is 70.8 cm³/mol. The third kappa shape index (κ3) is 3.85. The van der Waals surface area contributed by atoms with Crippen LogP contribution >= 0.6 is 23.2 Å². The Balaban J connectivity index is 2.69. The molecular formula is C12H17Cl2NO. The van der Waals surface area contributed by atoms with E-state index in [9.17, 15) is 0 Å². The molecule has 1 unspecified atom stereocenters. The lowest BCUT2D eigenvalue weighted by atomic mass is 10.2. The van der Waals surface area contributed by atoms with E-state index < -0.39 is 0 Å². The van der Waals surface area contributed by atoms with E-state index in [2.05, 4.69) is 12.2 Å². The van der Waals surface area contributed by atoms with Crippen LogP contribution in [0.3, 0.4) is 0 Å². The molecule has 0 aromatic heterocycles. The number of rotatable bonds is 5. The summed E-state index contributed by atoms with van der Waals surface area (Å²) in [5, 5.41) is 4.74. The second-order valence-corrected chi connectivity index (χ2v) is 4.72. The first-order valence-corrected chi connectivity index (χ1v) is 6.01. The lowest BCUT2D eigenvalue weighted by molar-refractivity contribution is 0.191. The van der Waals surface area contributed by atoms with E-state index in [0.29, 0.717) is 11.1 Å². The monoisotopic (exact) mass is 261 g/mol. The van der Waals surface area contributed by atoms with Gasteiger partial charge >= 0.3 is 0 Å². The Morgan fingerprint density at radius 1 is 1.31 bits per heavy atom. The Hall–Kier alpha value is -0.440. The highest BCUT2D eigenvalue weighted by atomic mass is 35.5. The highest BCUT2D eigenvalue weighted by molar-refractivity contribution is 6.35. The summed E-state index contributed by atoms with van der Waals surface area (Å²) in [4.78, 5) is 0. The molecule has 1 atom stereocenters. The van der Waals surface area contributed by atoms with Crippen molar-refractivity contribution in [2.24, 2.45) is 0 Å². The summed E-state index contributed by atoms with van der Waals surface area (Å²) < 4.78 is 5.02. The Morgan fingerprint density at radius 2 is 2.00 bits per heavy atom. The number of benzene rings is 1. The first-order valence-electron chi connectivity index (χ1n) is 5.25. The maximum absolute atomic E-state index is 6.13. The smallest absolute Gasteiger partial charge is 0.0641 e. The van der Waals surface area contributed by atoms with Crippen LogP contribution in [0.2, 0.25) is 10.0 Å². The topological polar surface area (TPSA) is 21.3 Å². The fourth-order valence-electron chi connectivity index (χ4n) is 1.39. The Bertz CT molecular complexity index is 355. The minimum absolute atomic E-state index is 0.302.